The summed E-state index contributed by atoms with van der Waals surface area (Å²) >= 11 is 0. The van der Waals surface area contributed by atoms with Crippen LogP contribution in [0.15, 0.2) is 0 Å². The normalized spacial score (nSPS) is 32.0. The first kappa shape index (κ1) is 9.93. The van der Waals surface area contributed by atoms with Crippen LogP contribution < -0.4 is 10.6 Å². The van der Waals surface area contributed by atoms with Crippen molar-refractivity contribution in [1.82, 2.24) is 10.6 Å². The standard InChI is InChI=1S/C10H18N2O2/c13-10(9-2-4-14-7-9)12-6-8-1-3-11-5-8/h8-9,11H,1-7H2,(H,12,13). The smallest absolute Gasteiger partial charge is 0.225 e. The van der Waals surface area contributed by atoms with Crippen molar-refractivity contribution in [2.45, 2.75) is 12.8 Å². The molecule has 2 saturated heterocycles. The number of rotatable bonds is 3. The van der Waals surface area contributed by atoms with Gasteiger partial charge < -0.3 is 15.4 Å². The first-order valence-corrected chi connectivity index (χ1v) is 5.42. The minimum Gasteiger partial charge on any atom is -0.381 e. The first-order valence-electron chi connectivity index (χ1n) is 5.42. The first-order chi connectivity index (χ1) is 6.86. The fourth-order valence-corrected chi connectivity index (χ4v) is 2.02. The minimum atomic E-state index is 0.101. The second kappa shape index (κ2) is 4.75. The van der Waals surface area contributed by atoms with E-state index in [1.54, 1.807) is 0 Å². The molecule has 0 spiro atoms. The number of carbonyl (C=O) groups is 1. The highest BCUT2D eigenvalue weighted by Crippen LogP contribution is 2.12. The molecule has 0 radical (unpaired) electrons. The van der Waals surface area contributed by atoms with Gasteiger partial charge in [-0.25, -0.2) is 0 Å². The van der Waals surface area contributed by atoms with Crippen molar-refractivity contribution in [2.75, 3.05) is 32.8 Å². The van der Waals surface area contributed by atoms with Crippen molar-refractivity contribution < 1.29 is 9.53 Å². The van der Waals surface area contributed by atoms with Crippen LogP contribution in [0.1, 0.15) is 12.8 Å². The third-order valence-corrected chi connectivity index (χ3v) is 3.03. The number of amides is 1. The lowest BCUT2D eigenvalue weighted by atomic mass is 10.1. The van der Waals surface area contributed by atoms with Crippen molar-refractivity contribution in [3.63, 3.8) is 0 Å². The lowest BCUT2D eigenvalue weighted by molar-refractivity contribution is -0.125. The molecule has 1 amide bonds. The Morgan fingerprint density at radius 2 is 2.43 bits per heavy atom. The SMILES string of the molecule is O=C(NCC1CCNC1)C1CCOC1. The Kier molecular flexibility index (Phi) is 3.37. The van der Waals surface area contributed by atoms with Crippen LogP contribution in [0.5, 0.6) is 0 Å². The maximum Gasteiger partial charge on any atom is 0.225 e. The zero-order chi connectivity index (χ0) is 9.80. The quantitative estimate of drug-likeness (QED) is 0.657. The highest BCUT2D eigenvalue weighted by atomic mass is 16.5. The summed E-state index contributed by atoms with van der Waals surface area (Å²) in [4.78, 5) is 11.6. The van der Waals surface area contributed by atoms with Crippen molar-refractivity contribution in [1.29, 1.82) is 0 Å². The summed E-state index contributed by atoms with van der Waals surface area (Å²) in [6, 6.07) is 0. The molecule has 14 heavy (non-hydrogen) atoms. The summed E-state index contributed by atoms with van der Waals surface area (Å²) < 4.78 is 5.18. The van der Waals surface area contributed by atoms with Crippen molar-refractivity contribution in [3.05, 3.63) is 0 Å². The van der Waals surface area contributed by atoms with Gasteiger partial charge in [0.05, 0.1) is 12.5 Å². The van der Waals surface area contributed by atoms with E-state index in [2.05, 4.69) is 10.6 Å². The molecule has 2 aliphatic heterocycles. The van der Waals surface area contributed by atoms with Crippen LogP contribution in [-0.4, -0.2) is 38.8 Å². The summed E-state index contributed by atoms with van der Waals surface area (Å²) in [6.45, 7) is 4.30. The van der Waals surface area contributed by atoms with Gasteiger partial charge in [0.25, 0.3) is 0 Å². The van der Waals surface area contributed by atoms with Crippen LogP contribution in [0.2, 0.25) is 0 Å². The molecule has 0 aromatic rings. The highest BCUT2D eigenvalue weighted by molar-refractivity contribution is 5.78. The van der Waals surface area contributed by atoms with Crippen molar-refractivity contribution in [2.24, 2.45) is 11.8 Å². The van der Waals surface area contributed by atoms with E-state index < -0.39 is 0 Å². The summed E-state index contributed by atoms with van der Waals surface area (Å²) in [7, 11) is 0. The molecular weight excluding hydrogens is 180 g/mol. The Labute approximate surface area is 84.4 Å². The molecule has 2 rings (SSSR count). The Bertz CT molecular complexity index is 196. The number of nitrogens with one attached hydrogen (secondary N) is 2. The van der Waals surface area contributed by atoms with E-state index in [4.69, 9.17) is 4.74 Å². The van der Waals surface area contributed by atoms with Crippen LogP contribution in [0.3, 0.4) is 0 Å². The van der Waals surface area contributed by atoms with Crippen LogP contribution in [0.4, 0.5) is 0 Å². The van der Waals surface area contributed by atoms with E-state index in [0.29, 0.717) is 12.5 Å². The second-order valence-electron chi connectivity index (χ2n) is 4.16. The maximum absolute atomic E-state index is 11.6. The Balaban J connectivity index is 1.66. The minimum absolute atomic E-state index is 0.101. The van der Waals surface area contributed by atoms with E-state index in [1.807, 2.05) is 0 Å². The van der Waals surface area contributed by atoms with E-state index in [0.717, 1.165) is 32.7 Å². The molecule has 2 heterocycles. The van der Waals surface area contributed by atoms with Gasteiger partial charge in [-0.2, -0.15) is 0 Å². The zero-order valence-corrected chi connectivity index (χ0v) is 8.42. The molecule has 0 aromatic heterocycles. The molecule has 4 heteroatoms. The summed E-state index contributed by atoms with van der Waals surface area (Å²) in [5.41, 5.74) is 0. The van der Waals surface area contributed by atoms with Crippen LogP contribution in [0.25, 0.3) is 0 Å². The lowest BCUT2D eigenvalue weighted by Crippen LogP contribution is -2.35. The van der Waals surface area contributed by atoms with E-state index in [-0.39, 0.29) is 11.8 Å². The molecule has 0 bridgehead atoms. The largest absolute Gasteiger partial charge is 0.381 e. The number of ether oxygens (including phenoxy) is 1. The van der Waals surface area contributed by atoms with Crippen LogP contribution in [0, 0.1) is 11.8 Å². The van der Waals surface area contributed by atoms with E-state index in [9.17, 15) is 4.79 Å². The fraction of sp³-hybridized carbons (Fsp3) is 0.900. The number of hydrogen-bond donors (Lipinski definition) is 2. The summed E-state index contributed by atoms with van der Waals surface area (Å²) in [5.74, 6) is 0.903. The molecule has 0 aliphatic carbocycles. The molecule has 4 nitrogen and oxygen atoms in total. The maximum atomic E-state index is 11.6. The molecule has 0 saturated carbocycles. The van der Waals surface area contributed by atoms with Crippen molar-refractivity contribution >= 4 is 5.91 Å². The van der Waals surface area contributed by atoms with Gasteiger partial charge in [0, 0.05) is 13.2 Å². The molecular formula is C10H18N2O2. The third kappa shape index (κ3) is 2.45. The molecule has 2 fully saturated rings. The predicted octanol–water partition coefficient (Wildman–Crippen LogP) is -0.251. The number of carbonyl (C=O) groups excluding carboxylic acids is 1. The molecule has 2 atom stereocenters. The zero-order valence-electron chi connectivity index (χ0n) is 8.42. The predicted molar refractivity (Wildman–Crippen MR) is 52.9 cm³/mol. The lowest BCUT2D eigenvalue weighted by Gasteiger charge is -2.12. The molecule has 0 aromatic carbocycles. The van der Waals surface area contributed by atoms with Crippen LogP contribution >= 0.6 is 0 Å². The van der Waals surface area contributed by atoms with Gasteiger partial charge in [-0.15, -0.1) is 0 Å². The van der Waals surface area contributed by atoms with Crippen LogP contribution in [-0.2, 0) is 9.53 Å². The average molecular weight is 198 g/mol. The Morgan fingerprint density at radius 1 is 1.50 bits per heavy atom. The summed E-state index contributed by atoms with van der Waals surface area (Å²) in [5, 5.41) is 6.30. The van der Waals surface area contributed by atoms with Gasteiger partial charge >= 0.3 is 0 Å². The molecule has 80 valence electrons. The van der Waals surface area contributed by atoms with Gasteiger partial charge in [0.15, 0.2) is 0 Å². The van der Waals surface area contributed by atoms with E-state index in [1.165, 1.54) is 6.42 Å². The Hall–Kier alpha value is -0.610. The molecule has 2 unspecified atom stereocenters. The monoisotopic (exact) mass is 198 g/mol. The van der Waals surface area contributed by atoms with Gasteiger partial charge in [-0.1, -0.05) is 0 Å². The Morgan fingerprint density at radius 3 is 3.07 bits per heavy atom. The van der Waals surface area contributed by atoms with Gasteiger partial charge in [-0.05, 0) is 31.8 Å². The molecule has 2 aliphatic rings. The van der Waals surface area contributed by atoms with Gasteiger partial charge in [0.2, 0.25) is 5.91 Å². The summed E-state index contributed by atoms with van der Waals surface area (Å²) in [6.07, 6.45) is 2.07. The topological polar surface area (TPSA) is 50.4 Å². The highest BCUT2D eigenvalue weighted by Gasteiger charge is 2.24. The second-order valence-corrected chi connectivity index (χ2v) is 4.16. The van der Waals surface area contributed by atoms with Crippen molar-refractivity contribution in [3.8, 4) is 0 Å². The third-order valence-electron chi connectivity index (χ3n) is 3.03. The van der Waals surface area contributed by atoms with Gasteiger partial charge in [-0.3, -0.25) is 4.79 Å². The molecule has 2 N–H and O–H groups in total. The fourth-order valence-electron chi connectivity index (χ4n) is 2.02. The van der Waals surface area contributed by atoms with E-state index >= 15 is 0 Å². The average Bonchev–Trinajstić information content (AvgIpc) is 2.87. The van der Waals surface area contributed by atoms with Gasteiger partial charge in [0.1, 0.15) is 0 Å². The number of hydrogen-bond acceptors (Lipinski definition) is 3.